The van der Waals surface area contributed by atoms with Crippen LogP contribution >= 0.6 is 0 Å². The van der Waals surface area contributed by atoms with E-state index in [2.05, 4.69) is 0 Å². The number of fused-ring (bicyclic) bond motifs is 1. The number of rotatable bonds is 10. The molecule has 0 bridgehead atoms. The highest BCUT2D eigenvalue weighted by molar-refractivity contribution is 5.69. The van der Waals surface area contributed by atoms with Gasteiger partial charge in [0.2, 0.25) is 6.29 Å². The van der Waals surface area contributed by atoms with E-state index in [4.69, 9.17) is 33.2 Å². The zero-order valence-corrected chi connectivity index (χ0v) is 27.9. The highest BCUT2D eigenvalue weighted by Crippen LogP contribution is 2.45. The van der Waals surface area contributed by atoms with Crippen LogP contribution in [0.4, 0.5) is 0 Å². The van der Waals surface area contributed by atoms with Gasteiger partial charge < -0.3 is 105 Å². The summed E-state index contributed by atoms with van der Waals surface area (Å²) in [4.78, 5) is 0. The van der Waals surface area contributed by atoms with Crippen molar-refractivity contribution in [1.29, 1.82) is 0 Å². The normalized spacial score (nSPS) is 39.6. The van der Waals surface area contributed by atoms with Crippen LogP contribution in [0.1, 0.15) is 17.2 Å². The molecule has 14 N–H and O–H groups in total. The molecule has 300 valence electrons. The fourth-order valence-electron chi connectivity index (χ4n) is 6.34. The van der Waals surface area contributed by atoms with Crippen molar-refractivity contribution in [3.63, 3.8) is 0 Å². The number of hydrogen-bond acceptors (Lipinski definition) is 21. The van der Waals surface area contributed by atoms with E-state index in [0.29, 0.717) is 0 Å². The van der Waals surface area contributed by atoms with Crippen molar-refractivity contribution in [3.8, 4) is 28.7 Å². The third-order valence-electron chi connectivity index (χ3n) is 9.48. The molecule has 16 atom stereocenters. The summed E-state index contributed by atoms with van der Waals surface area (Å²) in [6.45, 7) is -2.09. The number of phenols is 4. The highest BCUT2D eigenvalue weighted by Gasteiger charge is 2.50. The molecule has 4 aliphatic rings. The van der Waals surface area contributed by atoms with Crippen LogP contribution in [0, 0.1) is 0 Å². The average Bonchev–Trinajstić information content (AvgIpc) is 3.14. The number of benzene rings is 2. The average molecular weight is 775 g/mol. The van der Waals surface area contributed by atoms with E-state index in [-0.39, 0.29) is 28.4 Å². The van der Waals surface area contributed by atoms with Crippen molar-refractivity contribution in [2.75, 3.05) is 19.8 Å². The maximum absolute atomic E-state index is 10.9. The largest absolute Gasteiger partial charge is 0.508 e. The Balaban J connectivity index is 1.15. The molecule has 4 aliphatic heterocycles. The van der Waals surface area contributed by atoms with Gasteiger partial charge in [-0.2, -0.15) is 0 Å². The lowest BCUT2D eigenvalue weighted by atomic mass is 9.97. The Kier molecular flexibility index (Phi) is 12.0. The molecule has 0 aliphatic carbocycles. The minimum absolute atomic E-state index is 0.0144. The van der Waals surface area contributed by atoms with Crippen molar-refractivity contribution in [1.82, 2.24) is 0 Å². The van der Waals surface area contributed by atoms with E-state index in [1.54, 1.807) is 0 Å². The Hall–Kier alpha value is -3.62. The van der Waals surface area contributed by atoms with E-state index in [1.807, 2.05) is 0 Å². The number of aromatic hydroxyl groups is 4. The van der Waals surface area contributed by atoms with E-state index >= 15 is 0 Å². The van der Waals surface area contributed by atoms with Gasteiger partial charge in [-0.15, -0.1) is 0 Å². The van der Waals surface area contributed by atoms with E-state index in [0.717, 1.165) is 18.2 Å². The molecular weight excluding hydrogens is 732 g/mol. The molecule has 3 fully saturated rings. The highest BCUT2D eigenvalue weighted by atomic mass is 16.7. The second kappa shape index (κ2) is 16.2. The molecule has 6 rings (SSSR count). The van der Waals surface area contributed by atoms with Gasteiger partial charge in [0, 0.05) is 17.7 Å². The van der Waals surface area contributed by atoms with Crippen LogP contribution in [0.5, 0.6) is 28.7 Å². The summed E-state index contributed by atoms with van der Waals surface area (Å²) >= 11 is 0. The first-order valence-electron chi connectivity index (χ1n) is 16.6. The van der Waals surface area contributed by atoms with Gasteiger partial charge in [-0.3, -0.25) is 0 Å². The quantitative estimate of drug-likeness (QED) is 0.101. The van der Waals surface area contributed by atoms with Crippen molar-refractivity contribution in [3.05, 3.63) is 47.2 Å². The number of phenolic OH excluding ortho intramolecular Hbond substituents is 4. The fourth-order valence-corrected chi connectivity index (χ4v) is 6.34. The topological polar surface area (TPSA) is 348 Å². The van der Waals surface area contributed by atoms with Crippen molar-refractivity contribution in [2.45, 2.75) is 98.2 Å². The standard InChI is InChI=1S/C33H42O21/c34-7-18-21(39)24(42)27(45)31(52-18)48-8-19-22(40)25(43)28(46)32(53-19)49-9-20-23(41)26(44)29(47)33(54-20)51-17-6-12-14(37)4-11(35)5-16(12)50-30(17)10-1-2-13(36)15(38)3-10/h1-6,18-47H,7-9H2. The van der Waals surface area contributed by atoms with Gasteiger partial charge in [0.1, 0.15) is 96.3 Å². The molecule has 2 aromatic carbocycles. The zero-order valence-electron chi connectivity index (χ0n) is 27.9. The van der Waals surface area contributed by atoms with E-state index in [9.17, 15) is 71.5 Å². The first-order valence-corrected chi connectivity index (χ1v) is 16.6. The first-order chi connectivity index (χ1) is 25.6. The Morgan fingerprint density at radius 1 is 0.537 bits per heavy atom. The predicted molar refractivity (Wildman–Crippen MR) is 171 cm³/mol. The van der Waals surface area contributed by atoms with Gasteiger partial charge in [0.15, 0.2) is 30.2 Å². The molecule has 16 unspecified atom stereocenters. The monoisotopic (exact) mass is 774 g/mol. The molecule has 21 nitrogen and oxygen atoms in total. The van der Waals surface area contributed by atoms with Crippen molar-refractivity contribution >= 4 is 6.08 Å². The summed E-state index contributed by atoms with van der Waals surface area (Å²) in [7, 11) is 0. The molecule has 0 saturated carbocycles. The van der Waals surface area contributed by atoms with Crippen LogP contribution in [0.25, 0.3) is 6.08 Å². The second-order valence-electron chi connectivity index (χ2n) is 13.2. The van der Waals surface area contributed by atoms with E-state index < -0.39 is 135 Å². The van der Waals surface area contributed by atoms with Crippen molar-refractivity contribution in [2.24, 2.45) is 0 Å². The van der Waals surface area contributed by atoms with Crippen LogP contribution in [-0.4, -0.2) is 183 Å². The minimum Gasteiger partial charge on any atom is -0.508 e. The third-order valence-corrected chi connectivity index (χ3v) is 9.48. The van der Waals surface area contributed by atoms with Crippen LogP contribution in [0.2, 0.25) is 0 Å². The molecule has 3 saturated heterocycles. The number of hydrogen-bond donors (Lipinski definition) is 14. The van der Waals surface area contributed by atoms with Crippen LogP contribution in [0.3, 0.4) is 0 Å². The Morgan fingerprint density at radius 2 is 1.06 bits per heavy atom. The molecule has 4 heterocycles. The fraction of sp³-hybridized carbons (Fsp3) is 0.576. The summed E-state index contributed by atoms with van der Waals surface area (Å²) < 4.78 is 39.4. The summed E-state index contributed by atoms with van der Waals surface area (Å²) in [6.07, 6.45) is -26.0. The lowest BCUT2D eigenvalue weighted by Crippen LogP contribution is -2.62. The molecule has 2 aromatic rings. The van der Waals surface area contributed by atoms with Gasteiger partial charge in [0.05, 0.1) is 25.4 Å². The number of aliphatic hydroxyl groups excluding tert-OH is 10. The van der Waals surface area contributed by atoms with Crippen LogP contribution in [0.15, 0.2) is 36.1 Å². The zero-order chi connectivity index (χ0) is 39.2. The maximum Gasteiger partial charge on any atom is 0.228 e. The minimum atomic E-state index is -1.93. The second-order valence-corrected chi connectivity index (χ2v) is 13.2. The van der Waals surface area contributed by atoms with Crippen LogP contribution in [-0.2, 0) is 28.4 Å². The van der Waals surface area contributed by atoms with Gasteiger partial charge >= 0.3 is 0 Å². The molecule has 0 aromatic heterocycles. The molecule has 54 heavy (non-hydrogen) atoms. The lowest BCUT2D eigenvalue weighted by molar-refractivity contribution is -0.341. The number of aliphatic hydroxyl groups is 10. The smallest absolute Gasteiger partial charge is 0.228 e. The molecule has 21 heteroatoms. The summed E-state index contributed by atoms with van der Waals surface area (Å²) in [5.74, 6) is -1.95. The predicted octanol–water partition coefficient (Wildman–Crippen LogP) is -4.55. The molecule has 0 amide bonds. The summed E-state index contributed by atoms with van der Waals surface area (Å²) in [6, 6.07) is 5.87. The van der Waals surface area contributed by atoms with E-state index in [1.165, 1.54) is 18.2 Å². The SMILES string of the molecule is OCC1OC(OCC2OC(OCC3OC(OC4=Cc5c(O)cc(O)cc5OC4c4ccc(O)c(O)c4)C(O)C(O)C3O)C(O)C(O)C2O)C(O)C(O)C1O. The van der Waals surface area contributed by atoms with Gasteiger partial charge in [-0.1, -0.05) is 6.07 Å². The molecule has 0 spiro atoms. The molecule has 0 radical (unpaired) electrons. The Bertz CT molecular complexity index is 1640. The van der Waals surface area contributed by atoms with Gasteiger partial charge in [-0.25, -0.2) is 0 Å². The summed E-state index contributed by atoms with van der Waals surface area (Å²) in [5.41, 5.74) is 0.215. The van der Waals surface area contributed by atoms with Gasteiger partial charge in [0.25, 0.3) is 0 Å². The Morgan fingerprint density at radius 3 is 1.61 bits per heavy atom. The van der Waals surface area contributed by atoms with Gasteiger partial charge in [-0.05, 0) is 18.2 Å². The summed E-state index contributed by atoms with van der Waals surface area (Å²) in [5, 5.41) is 144. The maximum atomic E-state index is 10.9. The lowest BCUT2D eigenvalue weighted by Gasteiger charge is -2.44. The van der Waals surface area contributed by atoms with Crippen molar-refractivity contribution < 1.29 is 105 Å². The Labute approximate surface area is 304 Å². The number of ether oxygens (including phenoxy) is 7. The third kappa shape index (κ3) is 7.88. The van der Waals surface area contributed by atoms with Crippen LogP contribution < -0.4 is 4.74 Å². The molecular formula is C33H42O21. The first kappa shape index (κ1) is 40.1.